The smallest absolute Gasteiger partial charge is 0.0793 e. The third-order valence-corrected chi connectivity index (χ3v) is 3.84. The fraction of sp³-hybridized carbons (Fsp3) is 0.385. The summed E-state index contributed by atoms with van der Waals surface area (Å²) in [4.78, 5) is 4.52. The second-order valence-corrected chi connectivity index (χ2v) is 6.13. The molecular weight excluding hydrogens is 372 g/mol. The van der Waals surface area contributed by atoms with Gasteiger partial charge in [-0.25, -0.2) is 0 Å². The molecule has 0 saturated carbocycles. The lowest BCUT2D eigenvalue weighted by Gasteiger charge is -2.18. The fourth-order valence-corrected chi connectivity index (χ4v) is 3.10. The lowest BCUT2D eigenvalue weighted by atomic mass is 10.1. The van der Waals surface area contributed by atoms with Crippen molar-refractivity contribution in [3.05, 3.63) is 44.9 Å². The summed E-state index contributed by atoms with van der Waals surface area (Å²) in [5.41, 5.74) is 2.09. The Bertz CT molecular complexity index is 553. The molecule has 0 amide bonds. The first kappa shape index (κ1) is 14.7. The molecule has 0 aliphatic heterocycles. The number of nitrogens with one attached hydrogen (secondary N) is 1. The third-order valence-electron chi connectivity index (χ3n) is 2.77. The van der Waals surface area contributed by atoms with Crippen LogP contribution in [0.2, 0.25) is 0 Å². The highest BCUT2D eigenvalue weighted by atomic mass is 79.9. The summed E-state index contributed by atoms with van der Waals surface area (Å²) in [5, 5.41) is 7.76. The number of pyridine rings is 1. The normalized spacial score (nSPS) is 12.6. The second-order valence-electron chi connectivity index (χ2n) is 4.36. The number of rotatable bonds is 5. The Kier molecular flexibility index (Phi) is 5.13. The van der Waals surface area contributed by atoms with E-state index in [1.165, 1.54) is 0 Å². The number of hydrogen-bond donors (Lipinski definition) is 1. The molecule has 0 aliphatic carbocycles. The predicted molar refractivity (Wildman–Crippen MR) is 83.0 cm³/mol. The first-order chi connectivity index (χ1) is 9.11. The van der Waals surface area contributed by atoms with Crippen LogP contribution in [0.25, 0.3) is 0 Å². The second kappa shape index (κ2) is 6.63. The monoisotopic (exact) mass is 386 g/mol. The number of aromatic nitrogens is 3. The van der Waals surface area contributed by atoms with E-state index >= 15 is 0 Å². The molecule has 0 spiro atoms. The van der Waals surface area contributed by atoms with Crippen LogP contribution >= 0.6 is 31.9 Å². The maximum Gasteiger partial charge on any atom is 0.0793 e. The van der Waals surface area contributed by atoms with Crippen molar-refractivity contribution in [2.75, 3.05) is 6.54 Å². The zero-order chi connectivity index (χ0) is 13.8. The minimum atomic E-state index is 0.0520. The van der Waals surface area contributed by atoms with Crippen molar-refractivity contribution < 1.29 is 0 Å². The number of aryl methyl sites for hydroxylation is 1. The SMILES string of the molecule is CCCNC(c1cnn(C)c1)c1ncc(Br)cc1Br. The zero-order valence-corrected chi connectivity index (χ0v) is 14.1. The van der Waals surface area contributed by atoms with E-state index in [0.29, 0.717) is 0 Å². The lowest BCUT2D eigenvalue weighted by Crippen LogP contribution is -2.24. The van der Waals surface area contributed by atoms with Crippen LogP contribution in [0.4, 0.5) is 0 Å². The summed E-state index contributed by atoms with van der Waals surface area (Å²) >= 11 is 7.01. The minimum absolute atomic E-state index is 0.0520. The highest BCUT2D eigenvalue weighted by molar-refractivity contribution is 9.11. The predicted octanol–water partition coefficient (Wildman–Crippen LogP) is 3.43. The van der Waals surface area contributed by atoms with Gasteiger partial charge < -0.3 is 5.32 Å². The summed E-state index contributed by atoms with van der Waals surface area (Å²) in [6.45, 7) is 3.08. The largest absolute Gasteiger partial charge is 0.305 e. The number of nitrogens with zero attached hydrogens (tertiary/aromatic N) is 3. The Morgan fingerprint density at radius 1 is 1.37 bits per heavy atom. The highest BCUT2D eigenvalue weighted by Crippen LogP contribution is 2.28. The molecule has 0 aliphatic rings. The molecule has 19 heavy (non-hydrogen) atoms. The van der Waals surface area contributed by atoms with Crippen LogP contribution in [0.5, 0.6) is 0 Å². The van der Waals surface area contributed by atoms with E-state index in [9.17, 15) is 0 Å². The summed E-state index contributed by atoms with van der Waals surface area (Å²) < 4.78 is 3.76. The molecule has 0 bridgehead atoms. The van der Waals surface area contributed by atoms with Gasteiger partial charge in [0.15, 0.2) is 0 Å². The van der Waals surface area contributed by atoms with Crippen molar-refractivity contribution in [2.24, 2.45) is 7.05 Å². The van der Waals surface area contributed by atoms with Crippen LogP contribution in [0, 0.1) is 0 Å². The van der Waals surface area contributed by atoms with Gasteiger partial charge in [0.05, 0.1) is 17.9 Å². The van der Waals surface area contributed by atoms with Gasteiger partial charge in [-0.05, 0) is 50.9 Å². The number of halogens is 2. The zero-order valence-electron chi connectivity index (χ0n) is 10.9. The van der Waals surface area contributed by atoms with Crippen molar-refractivity contribution in [3.8, 4) is 0 Å². The summed E-state index contributed by atoms with van der Waals surface area (Å²) in [5.74, 6) is 0. The van der Waals surface area contributed by atoms with E-state index in [4.69, 9.17) is 0 Å². The molecule has 0 saturated heterocycles. The van der Waals surface area contributed by atoms with Gasteiger partial charge in [0.2, 0.25) is 0 Å². The van der Waals surface area contributed by atoms with Crippen LogP contribution in [-0.2, 0) is 7.05 Å². The van der Waals surface area contributed by atoms with Gasteiger partial charge in [-0.3, -0.25) is 9.67 Å². The first-order valence-electron chi connectivity index (χ1n) is 6.14. The van der Waals surface area contributed by atoms with E-state index in [1.54, 1.807) is 0 Å². The van der Waals surface area contributed by atoms with Gasteiger partial charge in [0, 0.05) is 34.0 Å². The van der Waals surface area contributed by atoms with Crippen molar-refractivity contribution in [3.63, 3.8) is 0 Å². The third kappa shape index (κ3) is 3.64. The summed E-state index contributed by atoms with van der Waals surface area (Å²) in [6.07, 6.45) is 6.79. The number of hydrogen-bond acceptors (Lipinski definition) is 3. The van der Waals surface area contributed by atoms with Gasteiger partial charge in [-0.1, -0.05) is 6.92 Å². The molecule has 0 aromatic carbocycles. The first-order valence-corrected chi connectivity index (χ1v) is 7.73. The van der Waals surface area contributed by atoms with Gasteiger partial charge in [0.1, 0.15) is 0 Å². The van der Waals surface area contributed by atoms with E-state index in [0.717, 1.165) is 33.2 Å². The topological polar surface area (TPSA) is 42.7 Å². The maximum atomic E-state index is 4.52. The molecule has 6 heteroatoms. The molecule has 1 atom stereocenters. The van der Waals surface area contributed by atoms with Gasteiger partial charge in [0.25, 0.3) is 0 Å². The van der Waals surface area contributed by atoms with Crippen LogP contribution < -0.4 is 5.32 Å². The van der Waals surface area contributed by atoms with Crippen molar-refractivity contribution in [1.29, 1.82) is 0 Å². The van der Waals surface area contributed by atoms with Crippen LogP contribution in [-0.4, -0.2) is 21.3 Å². The molecule has 0 radical (unpaired) electrons. The standard InChI is InChI=1S/C13H16Br2N4/c1-3-4-16-12(9-6-18-19(2)8-9)13-11(15)5-10(14)7-17-13/h5-8,12,16H,3-4H2,1-2H3. The lowest BCUT2D eigenvalue weighted by molar-refractivity contribution is 0.583. The van der Waals surface area contributed by atoms with Gasteiger partial charge in [-0.15, -0.1) is 0 Å². The summed E-state index contributed by atoms with van der Waals surface area (Å²) in [6, 6.07) is 2.07. The fourth-order valence-electron chi connectivity index (χ4n) is 1.89. The van der Waals surface area contributed by atoms with Crippen LogP contribution in [0.3, 0.4) is 0 Å². The highest BCUT2D eigenvalue weighted by Gasteiger charge is 2.19. The molecule has 0 fully saturated rings. The van der Waals surface area contributed by atoms with E-state index in [1.807, 2.05) is 36.4 Å². The Balaban J connectivity index is 2.36. The molecule has 2 rings (SSSR count). The molecular formula is C13H16Br2N4. The van der Waals surface area contributed by atoms with Crippen LogP contribution in [0.1, 0.15) is 30.6 Å². The average molecular weight is 388 g/mol. The molecule has 2 aromatic heterocycles. The molecule has 2 heterocycles. The molecule has 1 N–H and O–H groups in total. The molecule has 1 unspecified atom stereocenters. The quantitative estimate of drug-likeness (QED) is 0.854. The van der Waals surface area contributed by atoms with Gasteiger partial charge >= 0.3 is 0 Å². The minimum Gasteiger partial charge on any atom is -0.305 e. The summed E-state index contributed by atoms with van der Waals surface area (Å²) in [7, 11) is 1.92. The van der Waals surface area contributed by atoms with Crippen LogP contribution in [0.15, 0.2) is 33.6 Å². The average Bonchev–Trinajstić information content (AvgIpc) is 2.78. The Labute approximate surface area is 129 Å². The van der Waals surface area contributed by atoms with E-state index < -0.39 is 0 Å². The molecule has 4 nitrogen and oxygen atoms in total. The molecule has 102 valence electrons. The molecule has 2 aromatic rings. The maximum absolute atomic E-state index is 4.52. The van der Waals surface area contributed by atoms with Gasteiger partial charge in [-0.2, -0.15) is 5.10 Å². The van der Waals surface area contributed by atoms with E-state index in [2.05, 4.69) is 54.2 Å². The van der Waals surface area contributed by atoms with Crippen molar-refractivity contribution >= 4 is 31.9 Å². The van der Waals surface area contributed by atoms with E-state index in [-0.39, 0.29) is 6.04 Å². The van der Waals surface area contributed by atoms with Crippen molar-refractivity contribution in [1.82, 2.24) is 20.1 Å². The Morgan fingerprint density at radius 3 is 2.74 bits per heavy atom. The van der Waals surface area contributed by atoms with Crippen molar-refractivity contribution in [2.45, 2.75) is 19.4 Å². The Morgan fingerprint density at radius 2 is 2.16 bits per heavy atom. The Hall–Kier alpha value is -0.720.